The van der Waals surface area contributed by atoms with Gasteiger partial charge in [0.15, 0.2) is 0 Å². The van der Waals surface area contributed by atoms with Crippen molar-refractivity contribution in [1.82, 2.24) is 4.90 Å². The molecule has 4 nitrogen and oxygen atoms in total. The second kappa shape index (κ2) is 4.67. The van der Waals surface area contributed by atoms with Crippen molar-refractivity contribution in [3.8, 4) is 0 Å². The Morgan fingerprint density at radius 2 is 2.00 bits per heavy atom. The number of hydrogen-bond donors (Lipinski definition) is 1. The minimum atomic E-state index is -0.657. The van der Waals surface area contributed by atoms with Crippen LogP contribution < -0.4 is 0 Å². The fraction of sp³-hybridized carbons (Fsp3) is 0.846. The van der Waals surface area contributed by atoms with Gasteiger partial charge in [-0.25, -0.2) is 0 Å². The molecule has 1 amide bonds. The highest BCUT2D eigenvalue weighted by molar-refractivity contribution is 5.77. The van der Waals surface area contributed by atoms with Crippen LogP contribution in [0.5, 0.6) is 0 Å². The lowest BCUT2D eigenvalue weighted by atomic mass is 9.90. The molecule has 0 bridgehead atoms. The highest BCUT2D eigenvalue weighted by atomic mass is 16.4. The summed E-state index contributed by atoms with van der Waals surface area (Å²) in [6, 6.07) is 0. The van der Waals surface area contributed by atoms with E-state index in [2.05, 4.69) is 6.92 Å². The predicted molar refractivity (Wildman–Crippen MR) is 63.5 cm³/mol. The molecule has 1 N–H and O–H groups in total. The maximum atomic E-state index is 11.8. The molecule has 0 aromatic heterocycles. The van der Waals surface area contributed by atoms with Gasteiger partial charge in [-0.05, 0) is 31.1 Å². The molecule has 1 unspecified atom stereocenters. The number of nitrogens with zero attached hydrogens (tertiary/aromatic N) is 1. The van der Waals surface area contributed by atoms with Gasteiger partial charge >= 0.3 is 5.97 Å². The van der Waals surface area contributed by atoms with Gasteiger partial charge in [0.2, 0.25) is 5.91 Å². The van der Waals surface area contributed by atoms with Crippen LogP contribution in [0.15, 0.2) is 0 Å². The van der Waals surface area contributed by atoms with Crippen molar-refractivity contribution in [1.29, 1.82) is 0 Å². The van der Waals surface area contributed by atoms with Crippen LogP contribution >= 0.6 is 0 Å². The van der Waals surface area contributed by atoms with Crippen LogP contribution in [0, 0.1) is 11.3 Å². The molecular weight excluding hydrogens is 218 g/mol. The Labute approximate surface area is 102 Å². The molecule has 1 saturated heterocycles. The lowest BCUT2D eigenvalue weighted by molar-refractivity contribution is -0.139. The number of piperidine rings is 1. The summed E-state index contributed by atoms with van der Waals surface area (Å²) in [5.74, 6) is -0.555. The normalized spacial score (nSPS) is 25.9. The topological polar surface area (TPSA) is 57.6 Å². The SMILES string of the molecule is CCCCC(=O)N1CCC2(CC1)CC2C(=O)O. The molecule has 1 heterocycles. The number of carbonyl (C=O) groups excluding carboxylic acids is 1. The van der Waals surface area contributed by atoms with Gasteiger partial charge in [-0.3, -0.25) is 9.59 Å². The van der Waals surface area contributed by atoms with Gasteiger partial charge in [-0.1, -0.05) is 13.3 Å². The number of carboxylic acid groups (broad SMARTS) is 1. The van der Waals surface area contributed by atoms with Crippen molar-refractivity contribution >= 4 is 11.9 Å². The van der Waals surface area contributed by atoms with Gasteiger partial charge in [0.25, 0.3) is 0 Å². The van der Waals surface area contributed by atoms with Crippen LogP contribution in [0.25, 0.3) is 0 Å². The quantitative estimate of drug-likeness (QED) is 0.815. The Morgan fingerprint density at radius 1 is 1.35 bits per heavy atom. The molecule has 4 heteroatoms. The summed E-state index contributed by atoms with van der Waals surface area (Å²) in [6.45, 7) is 3.60. The third-order valence-corrected chi connectivity index (χ3v) is 4.34. The number of hydrogen-bond acceptors (Lipinski definition) is 2. The summed E-state index contributed by atoms with van der Waals surface area (Å²) in [5, 5.41) is 8.98. The standard InChI is InChI=1S/C13H21NO3/c1-2-3-4-11(15)14-7-5-13(6-8-14)9-10(13)12(16)17/h10H,2-9H2,1H3,(H,16,17). The summed E-state index contributed by atoms with van der Waals surface area (Å²) in [7, 11) is 0. The van der Waals surface area contributed by atoms with Gasteiger partial charge in [-0.15, -0.1) is 0 Å². The fourth-order valence-corrected chi connectivity index (χ4v) is 2.94. The van der Waals surface area contributed by atoms with E-state index in [0.29, 0.717) is 6.42 Å². The highest BCUT2D eigenvalue weighted by Gasteiger charge is 2.59. The van der Waals surface area contributed by atoms with Gasteiger partial charge < -0.3 is 10.0 Å². The minimum Gasteiger partial charge on any atom is -0.481 e. The summed E-state index contributed by atoms with van der Waals surface area (Å²) >= 11 is 0. The van der Waals surface area contributed by atoms with Crippen molar-refractivity contribution in [3.63, 3.8) is 0 Å². The molecule has 2 rings (SSSR count). The molecule has 2 aliphatic rings. The number of amides is 1. The molecule has 96 valence electrons. The zero-order valence-electron chi connectivity index (χ0n) is 10.4. The van der Waals surface area contributed by atoms with Crippen molar-refractivity contribution in [2.24, 2.45) is 11.3 Å². The van der Waals surface area contributed by atoms with Gasteiger partial charge in [0.1, 0.15) is 0 Å². The number of unbranched alkanes of at least 4 members (excludes halogenated alkanes) is 1. The Bertz CT molecular complexity index is 319. The molecule has 1 spiro atoms. The smallest absolute Gasteiger partial charge is 0.307 e. The molecular formula is C13H21NO3. The van der Waals surface area contributed by atoms with Crippen molar-refractivity contribution < 1.29 is 14.7 Å². The largest absolute Gasteiger partial charge is 0.481 e. The van der Waals surface area contributed by atoms with Crippen LogP contribution in [0.1, 0.15) is 45.4 Å². The molecule has 1 aliphatic heterocycles. The average Bonchev–Trinajstić information content (AvgIpc) is 3.01. The van der Waals surface area contributed by atoms with Crippen LogP contribution in [-0.2, 0) is 9.59 Å². The Kier molecular flexibility index (Phi) is 3.40. The molecule has 17 heavy (non-hydrogen) atoms. The summed E-state index contributed by atoms with van der Waals surface area (Å²) < 4.78 is 0. The first-order valence-corrected chi connectivity index (χ1v) is 6.59. The molecule has 0 aromatic rings. The summed E-state index contributed by atoms with van der Waals surface area (Å²) in [6.07, 6.45) is 5.22. The summed E-state index contributed by atoms with van der Waals surface area (Å²) in [5.41, 5.74) is 0.0351. The molecule has 2 fully saturated rings. The lowest BCUT2D eigenvalue weighted by Crippen LogP contribution is -2.39. The number of rotatable bonds is 4. The monoisotopic (exact) mass is 239 g/mol. The fourth-order valence-electron chi connectivity index (χ4n) is 2.94. The molecule has 0 radical (unpaired) electrons. The van der Waals surface area contributed by atoms with Gasteiger partial charge in [0.05, 0.1) is 5.92 Å². The van der Waals surface area contributed by atoms with E-state index in [4.69, 9.17) is 5.11 Å². The number of carboxylic acids is 1. The second-order valence-corrected chi connectivity index (χ2v) is 5.44. The third kappa shape index (κ3) is 2.45. The first-order valence-electron chi connectivity index (χ1n) is 6.59. The van der Waals surface area contributed by atoms with Crippen LogP contribution in [-0.4, -0.2) is 35.0 Å². The predicted octanol–water partition coefficient (Wildman–Crippen LogP) is 1.89. The van der Waals surface area contributed by atoms with E-state index in [1.54, 1.807) is 0 Å². The number of aliphatic carboxylic acids is 1. The van der Waals surface area contributed by atoms with Gasteiger partial charge in [0, 0.05) is 19.5 Å². The minimum absolute atomic E-state index is 0.0351. The maximum absolute atomic E-state index is 11.8. The Balaban J connectivity index is 1.79. The van der Waals surface area contributed by atoms with Crippen LogP contribution in [0.4, 0.5) is 0 Å². The number of carbonyl (C=O) groups is 2. The zero-order chi connectivity index (χ0) is 12.5. The van der Waals surface area contributed by atoms with E-state index in [9.17, 15) is 9.59 Å². The second-order valence-electron chi connectivity index (χ2n) is 5.44. The van der Waals surface area contributed by atoms with E-state index in [1.165, 1.54) is 0 Å². The first kappa shape index (κ1) is 12.4. The van der Waals surface area contributed by atoms with Crippen molar-refractivity contribution in [2.75, 3.05) is 13.1 Å². The van der Waals surface area contributed by atoms with E-state index >= 15 is 0 Å². The van der Waals surface area contributed by atoms with Crippen molar-refractivity contribution in [3.05, 3.63) is 0 Å². The highest BCUT2D eigenvalue weighted by Crippen LogP contribution is 2.59. The van der Waals surface area contributed by atoms with E-state index in [0.717, 1.165) is 45.2 Å². The Morgan fingerprint density at radius 3 is 2.47 bits per heavy atom. The van der Waals surface area contributed by atoms with E-state index in [-0.39, 0.29) is 17.2 Å². The number of likely N-dealkylation sites (tertiary alicyclic amines) is 1. The maximum Gasteiger partial charge on any atom is 0.307 e. The van der Waals surface area contributed by atoms with E-state index in [1.807, 2.05) is 4.90 Å². The Hall–Kier alpha value is -1.06. The zero-order valence-corrected chi connectivity index (χ0v) is 10.4. The average molecular weight is 239 g/mol. The van der Waals surface area contributed by atoms with Gasteiger partial charge in [-0.2, -0.15) is 0 Å². The molecule has 1 atom stereocenters. The van der Waals surface area contributed by atoms with Crippen LogP contribution in [0.3, 0.4) is 0 Å². The first-order chi connectivity index (χ1) is 8.09. The van der Waals surface area contributed by atoms with Crippen LogP contribution in [0.2, 0.25) is 0 Å². The lowest BCUT2D eigenvalue weighted by Gasteiger charge is -2.32. The molecule has 0 aromatic carbocycles. The van der Waals surface area contributed by atoms with Crippen molar-refractivity contribution in [2.45, 2.75) is 45.4 Å². The molecule has 1 saturated carbocycles. The summed E-state index contributed by atoms with van der Waals surface area (Å²) in [4.78, 5) is 24.6. The van der Waals surface area contributed by atoms with E-state index < -0.39 is 5.97 Å². The third-order valence-electron chi connectivity index (χ3n) is 4.34. The molecule has 1 aliphatic carbocycles.